The normalized spacial score (nSPS) is 13.4. The number of hydrogen-bond acceptors (Lipinski definition) is 4. The van der Waals surface area contributed by atoms with Gasteiger partial charge in [-0.05, 0) is 73.0 Å². The van der Waals surface area contributed by atoms with Crippen LogP contribution in [-0.4, -0.2) is 28.0 Å². The zero-order valence-corrected chi connectivity index (χ0v) is 18.0. The minimum Gasteiger partial charge on any atom is -0.497 e. The molecule has 0 saturated carbocycles. The number of benzene rings is 3. The van der Waals surface area contributed by atoms with E-state index < -0.39 is 33.1 Å². The average Bonchev–Trinajstić information content (AvgIpc) is 2.78. The molecule has 0 aliphatic carbocycles. The van der Waals surface area contributed by atoms with E-state index in [1.807, 2.05) is 0 Å². The predicted molar refractivity (Wildman–Crippen MR) is 117 cm³/mol. The first-order chi connectivity index (χ1) is 15.3. The lowest BCUT2D eigenvalue weighted by Gasteiger charge is -2.31. The van der Waals surface area contributed by atoms with Gasteiger partial charge in [-0.25, -0.2) is 17.2 Å². The van der Waals surface area contributed by atoms with Crippen LogP contribution in [0.5, 0.6) is 5.75 Å². The van der Waals surface area contributed by atoms with E-state index in [0.29, 0.717) is 42.1 Å². The monoisotopic (exact) mass is 458 g/mol. The Morgan fingerprint density at radius 2 is 1.72 bits per heavy atom. The maximum atomic E-state index is 13.9. The summed E-state index contributed by atoms with van der Waals surface area (Å²) in [5.41, 5.74) is 0.858. The van der Waals surface area contributed by atoms with E-state index in [4.69, 9.17) is 4.74 Å². The number of rotatable bonds is 5. The summed E-state index contributed by atoms with van der Waals surface area (Å²) >= 11 is 0. The molecule has 1 N–H and O–H groups in total. The van der Waals surface area contributed by atoms with Gasteiger partial charge in [0.05, 0.1) is 17.7 Å². The molecule has 0 unspecified atom stereocenters. The fraction of sp³-hybridized carbons (Fsp3) is 0.174. The van der Waals surface area contributed by atoms with E-state index in [1.165, 1.54) is 35.7 Å². The molecule has 0 atom stereocenters. The molecule has 1 amide bonds. The van der Waals surface area contributed by atoms with Crippen molar-refractivity contribution < 1.29 is 26.7 Å². The van der Waals surface area contributed by atoms with E-state index >= 15 is 0 Å². The second-order valence-electron chi connectivity index (χ2n) is 7.25. The number of halogens is 2. The van der Waals surface area contributed by atoms with E-state index in [1.54, 1.807) is 24.3 Å². The Bertz CT molecular complexity index is 1260. The van der Waals surface area contributed by atoms with Crippen molar-refractivity contribution in [3.05, 3.63) is 83.4 Å². The molecule has 0 bridgehead atoms. The molecule has 0 saturated heterocycles. The van der Waals surface area contributed by atoms with Crippen molar-refractivity contribution in [1.29, 1.82) is 0 Å². The van der Waals surface area contributed by atoms with Gasteiger partial charge in [-0.2, -0.15) is 0 Å². The van der Waals surface area contributed by atoms with Gasteiger partial charge in [0.1, 0.15) is 22.9 Å². The summed E-state index contributed by atoms with van der Waals surface area (Å²) in [4.78, 5) is 12.5. The molecule has 0 aromatic heterocycles. The van der Waals surface area contributed by atoms with Crippen molar-refractivity contribution in [1.82, 2.24) is 0 Å². The van der Waals surface area contributed by atoms with Gasteiger partial charge in [-0.3, -0.25) is 9.10 Å². The van der Waals surface area contributed by atoms with Crippen LogP contribution in [0.2, 0.25) is 0 Å². The van der Waals surface area contributed by atoms with Gasteiger partial charge in [0.15, 0.2) is 0 Å². The Balaban J connectivity index is 1.62. The van der Waals surface area contributed by atoms with Crippen molar-refractivity contribution in [2.75, 3.05) is 23.3 Å². The molecule has 1 aliphatic rings. The van der Waals surface area contributed by atoms with Crippen molar-refractivity contribution in [3.63, 3.8) is 0 Å². The number of nitrogens with one attached hydrogen (secondary N) is 1. The molecule has 32 heavy (non-hydrogen) atoms. The van der Waals surface area contributed by atoms with Crippen molar-refractivity contribution >= 4 is 27.3 Å². The second kappa shape index (κ2) is 8.58. The number of hydrogen-bond donors (Lipinski definition) is 1. The number of carbonyl (C=O) groups excluding carboxylic acids is 1. The minimum absolute atomic E-state index is 0.138. The maximum Gasteiger partial charge on any atom is 0.264 e. The largest absolute Gasteiger partial charge is 0.497 e. The third kappa shape index (κ3) is 4.03. The summed E-state index contributed by atoms with van der Waals surface area (Å²) in [7, 11) is -2.30. The minimum atomic E-state index is -3.80. The maximum absolute atomic E-state index is 13.9. The lowest BCUT2D eigenvalue weighted by molar-refractivity contribution is 0.101. The first kappa shape index (κ1) is 21.8. The van der Waals surface area contributed by atoms with Crippen molar-refractivity contribution in [2.45, 2.75) is 17.7 Å². The lowest BCUT2D eigenvalue weighted by Crippen LogP contribution is -2.35. The number of sulfonamides is 1. The SMILES string of the molecule is COc1ccc(S(=O)(=O)N2CCCc3cc(NC(=O)c4c(F)cccc4F)ccc32)cc1. The number of anilines is 2. The smallest absolute Gasteiger partial charge is 0.264 e. The Morgan fingerprint density at radius 1 is 1.03 bits per heavy atom. The molecule has 4 rings (SSSR count). The fourth-order valence-corrected chi connectivity index (χ4v) is 5.21. The number of amides is 1. The van der Waals surface area contributed by atoms with Crippen LogP contribution in [0.4, 0.5) is 20.2 Å². The number of methoxy groups -OCH3 is 1. The van der Waals surface area contributed by atoms with Crippen LogP contribution >= 0.6 is 0 Å². The van der Waals surface area contributed by atoms with E-state index in [2.05, 4.69) is 5.32 Å². The Morgan fingerprint density at radius 3 is 2.38 bits per heavy atom. The van der Waals surface area contributed by atoms with Gasteiger partial charge in [0.25, 0.3) is 15.9 Å². The van der Waals surface area contributed by atoms with Crippen LogP contribution in [0.25, 0.3) is 0 Å². The van der Waals surface area contributed by atoms with Gasteiger partial charge < -0.3 is 10.1 Å². The molecule has 1 heterocycles. The van der Waals surface area contributed by atoms with Crippen LogP contribution in [0.15, 0.2) is 65.6 Å². The quantitative estimate of drug-likeness (QED) is 0.616. The Hall–Kier alpha value is -3.46. The lowest BCUT2D eigenvalue weighted by atomic mass is 10.0. The van der Waals surface area contributed by atoms with Crippen molar-refractivity contribution in [2.24, 2.45) is 0 Å². The van der Waals surface area contributed by atoms with E-state index in [9.17, 15) is 22.0 Å². The highest BCUT2D eigenvalue weighted by atomic mass is 32.2. The summed E-state index contributed by atoms with van der Waals surface area (Å²) in [6, 6.07) is 14.1. The fourth-order valence-electron chi connectivity index (χ4n) is 3.67. The third-order valence-electron chi connectivity index (χ3n) is 5.25. The standard InChI is InChI=1S/C23H20F2N2O4S/c1-31-17-8-10-18(11-9-17)32(29,30)27-13-3-4-15-14-16(7-12-21(15)27)26-23(28)22-19(24)5-2-6-20(22)25/h2,5-12,14H,3-4,13H2,1H3,(H,26,28). The van der Waals surface area contributed by atoms with E-state index in [0.717, 1.165) is 12.1 Å². The second-order valence-corrected chi connectivity index (χ2v) is 9.11. The first-order valence-corrected chi connectivity index (χ1v) is 11.3. The number of carbonyl (C=O) groups is 1. The van der Waals surface area contributed by atoms with Crippen LogP contribution in [0.1, 0.15) is 22.3 Å². The molecule has 0 fully saturated rings. The van der Waals surface area contributed by atoms with Gasteiger partial charge >= 0.3 is 0 Å². The molecule has 0 spiro atoms. The summed E-state index contributed by atoms with van der Waals surface area (Å²) in [5, 5.41) is 2.49. The molecular weight excluding hydrogens is 438 g/mol. The predicted octanol–water partition coefficient (Wildman–Crippen LogP) is 4.37. The number of nitrogens with zero attached hydrogens (tertiary/aromatic N) is 1. The van der Waals surface area contributed by atoms with Gasteiger partial charge in [0, 0.05) is 12.2 Å². The molecule has 3 aromatic carbocycles. The molecule has 166 valence electrons. The highest BCUT2D eigenvalue weighted by Gasteiger charge is 2.29. The molecule has 0 radical (unpaired) electrons. The highest BCUT2D eigenvalue weighted by molar-refractivity contribution is 7.92. The topological polar surface area (TPSA) is 75.7 Å². The summed E-state index contributed by atoms with van der Waals surface area (Å²) in [6.45, 7) is 0.313. The summed E-state index contributed by atoms with van der Waals surface area (Å²) < 4.78 is 60.6. The molecule has 1 aliphatic heterocycles. The molecule has 6 nitrogen and oxygen atoms in total. The first-order valence-electron chi connectivity index (χ1n) is 9.86. The number of aryl methyl sites for hydroxylation is 1. The van der Waals surface area contributed by atoms with Crippen LogP contribution < -0.4 is 14.4 Å². The van der Waals surface area contributed by atoms with Crippen LogP contribution in [0, 0.1) is 11.6 Å². The Labute approximate surface area is 184 Å². The van der Waals surface area contributed by atoms with E-state index in [-0.39, 0.29) is 4.90 Å². The third-order valence-corrected chi connectivity index (χ3v) is 7.08. The molecular formula is C23H20F2N2O4S. The highest BCUT2D eigenvalue weighted by Crippen LogP contribution is 2.34. The van der Waals surface area contributed by atoms with Crippen LogP contribution in [-0.2, 0) is 16.4 Å². The number of ether oxygens (including phenoxy) is 1. The molecule has 9 heteroatoms. The zero-order chi connectivity index (χ0) is 22.9. The summed E-state index contributed by atoms with van der Waals surface area (Å²) in [6.07, 6.45) is 1.18. The summed E-state index contributed by atoms with van der Waals surface area (Å²) in [5.74, 6) is -2.29. The zero-order valence-electron chi connectivity index (χ0n) is 17.1. The van der Waals surface area contributed by atoms with Gasteiger partial charge in [0.2, 0.25) is 0 Å². The average molecular weight is 458 g/mol. The van der Waals surface area contributed by atoms with Crippen molar-refractivity contribution in [3.8, 4) is 5.75 Å². The van der Waals surface area contributed by atoms with Gasteiger partial charge in [-0.1, -0.05) is 6.07 Å². The Kier molecular flexibility index (Phi) is 5.84. The molecule has 3 aromatic rings. The van der Waals surface area contributed by atoms with Gasteiger partial charge in [-0.15, -0.1) is 0 Å². The number of fused-ring (bicyclic) bond motifs is 1. The van der Waals surface area contributed by atoms with Crippen LogP contribution in [0.3, 0.4) is 0 Å².